The summed E-state index contributed by atoms with van der Waals surface area (Å²) in [5.41, 5.74) is 2.42. The van der Waals surface area contributed by atoms with Crippen LogP contribution < -0.4 is 19.9 Å². The molecule has 0 atom stereocenters. The van der Waals surface area contributed by atoms with Gasteiger partial charge in [-0.3, -0.25) is 14.4 Å². The lowest BCUT2D eigenvalue weighted by Crippen LogP contribution is -2.40. The van der Waals surface area contributed by atoms with Crippen LogP contribution in [0.25, 0.3) is 0 Å². The van der Waals surface area contributed by atoms with Crippen molar-refractivity contribution in [3.8, 4) is 5.75 Å². The number of nitrogens with one attached hydrogen (secondary N) is 1. The number of hydrogen-bond donors (Lipinski definition) is 1. The first-order valence-corrected chi connectivity index (χ1v) is 10.4. The second-order valence-electron chi connectivity index (χ2n) is 7.50. The van der Waals surface area contributed by atoms with E-state index >= 15 is 0 Å². The number of nitrogens with zero attached hydrogens (tertiary/aromatic N) is 2. The quantitative estimate of drug-likeness (QED) is 0.689. The minimum Gasteiger partial charge on any atom is -0.482 e. The topological polar surface area (TPSA) is 88.2 Å². The minimum absolute atomic E-state index is 0.0160. The average Bonchev–Trinajstić information content (AvgIpc) is 3.32. The van der Waals surface area contributed by atoms with Crippen molar-refractivity contribution in [1.82, 2.24) is 0 Å². The third-order valence-electron chi connectivity index (χ3n) is 5.33. The third-order valence-corrected chi connectivity index (χ3v) is 5.33. The van der Waals surface area contributed by atoms with Gasteiger partial charge in [-0.2, -0.15) is 0 Å². The zero-order valence-corrected chi connectivity index (χ0v) is 17.2. The number of anilines is 3. The highest BCUT2D eigenvalue weighted by Gasteiger charge is 2.25. The number of amides is 2. The summed E-state index contributed by atoms with van der Waals surface area (Å²) < 4.78 is 10.4. The Morgan fingerprint density at radius 2 is 1.77 bits per heavy atom. The highest BCUT2D eigenvalue weighted by molar-refractivity contribution is 5.98. The lowest BCUT2D eigenvalue weighted by Gasteiger charge is -2.28. The summed E-state index contributed by atoms with van der Waals surface area (Å²) in [4.78, 5) is 40.1. The summed E-state index contributed by atoms with van der Waals surface area (Å²) in [6, 6.07) is 14.8. The molecule has 0 unspecified atom stereocenters. The molecule has 2 heterocycles. The number of fused-ring (bicyclic) bond motifs is 1. The minimum atomic E-state index is -0.545. The molecular weight excluding hydrogens is 398 g/mol. The smallest absolute Gasteiger partial charge is 0.308 e. The molecular formula is C23H25N3O5. The fourth-order valence-electron chi connectivity index (χ4n) is 3.75. The molecule has 1 fully saturated rings. The molecule has 2 aliphatic rings. The summed E-state index contributed by atoms with van der Waals surface area (Å²) in [5, 5.41) is 2.72. The molecule has 162 valence electrons. The fourth-order valence-corrected chi connectivity index (χ4v) is 3.75. The molecule has 0 aliphatic carbocycles. The van der Waals surface area contributed by atoms with Crippen molar-refractivity contribution < 1.29 is 23.9 Å². The normalized spacial score (nSPS) is 15.3. The first kappa shape index (κ1) is 20.7. The lowest BCUT2D eigenvalue weighted by atomic mass is 10.2. The van der Waals surface area contributed by atoms with Gasteiger partial charge in [-0.15, -0.1) is 0 Å². The molecule has 0 radical (unpaired) electrons. The van der Waals surface area contributed by atoms with Gasteiger partial charge in [0.15, 0.2) is 13.2 Å². The van der Waals surface area contributed by atoms with Crippen LogP contribution in [0.3, 0.4) is 0 Å². The predicted octanol–water partition coefficient (Wildman–Crippen LogP) is 2.58. The number of rotatable bonds is 7. The van der Waals surface area contributed by atoms with Gasteiger partial charge in [-0.05, 0) is 49.2 Å². The summed E-state index contributed by atoms with van der Waals surface area (Å²) in [6.45, 7) is 1.84. The molecule has 0 saturated carbocycles. The first-order chi connectivity index (χ1) is 15.1. The fraction of sp³-hybridized carbons (Fsp3) is 0.348. The van der Waals surface area contributed by atoms with Crippen LogP contribution in [0.1, 0.15) is 19.3 Å². The number of ether oxygens (including phenoxy) is 2. The molecule has 8 nitrogen and oxygen atoms in total. The van der Waals surface area contributed by atoms with E-state index < -0.39 is 11.9 Å². The Balaban J connectivity index is 1.22. The number of para-hydroxylation sites is 2. The molecule has 0 spiro atoms. The largest absolute Gasteiger partial charge is 0.482 e. The Kier molecular flexibility index (Phi) is 6.35. The molecule has 0 aromatic heterocycles. The van der Waals surface area contributed by atoms with E-state index in [1.807, 2.05) is 30.3 Å². The Bertz CT molecular complexity index is 954. The lowest BCUT2D eigenvalue weighted by molar-refractivity contribution is -0.147. The number of esters is 1. The van der Waals surface area contributed by atoms with E-state index in [1.165, 1.54) is 17.7 Å². The van der Waals surface area contributed by atoms with Crippen LogP contribution >= 0.6 is 0 Å². The van der Waals surface area contributed by atoms with Crippen molar-refractivity contribution in [1.29, 1.82) is 0 Å². The predicted molar refractivity (Wildman–Crippen MR) is 116 cm³/mol. The van der Waals surface area contributed by atoms with Gasteiger partial charge < -0.3 is 24.6 Å². The maximum absolute atomic E-state index is 12.1. The standard InChI is InChI=1S/C23H25N3O5/c27-21(24-17-7-9-18(10-8-17)25-12-3-4-13-25)15-31-23(29)11-14-26-19-5-1-2-6-20(19)30-16-22(26)28/h1-2,5-10H,3-4,11-16H2,(H,24,27). The molecule has 4 rings (SSSR count). The molecule has 1 saturated heterocycles. The van der Waals surface area contributed by atoms with Crippen molar-refractivity contribution in [2.75, 3.05) is 48.0 Å². The van der Waals surface area contributed by atoms with E-state index in [1.54, 1.807) is 18.2 Å². The highest BCUT2D eigenvalue weighted by Crippen LogP contribution is 2.31. The van der Waals surface area contributed by atoms with Crippen LogP contribution in [-0.4, -0.2) is 50.6 Å². The van der Waals surface area contributed by atoms with Crippen molar-refractivity contribution >= 4 is 34.8 Å². The zero-order chi connectivity index (χ0) is 21.6. The van der Waals surface area contributed by atoms with Gasteiger partial charge in [0.05, 0.1) is 12.1 Å². The van der Waals surface area contributed by atoms with Gasteiger partial charge in [0.2, 0.25) is 0 Å². The van der Waals surface area contributed by atoms with Gasteiger partial charge >= 0.3 is 5.97 Å². The Morgan fingerprint density at radius 3 is 2.55 bits per heavy atom. The summed E-state index contributed by atoms with van der Waals surface area (Å²) in [5.74, 6) is -0.571. The molecule has 2 amide bonds. The molecule has 2 aliphatic heterocycles. The second kappa shape index (κ2) is 9.51. The van der Waals surface area contributed by atoms with Crippen LogP contribution in [0.15, 0.2) is 48.5 Å². The highest BCUT2D eigenvalue weighted by atomic mass is 16.5. The van der Waals surface area contributed by atoms with E-state index in [4.69, 9.17) is 9.47 Å². The maximum Gasteiger partial charge on any atom is 0.308 e. The van der Waals surface area contributed by atoms with Crippen molar-refractivity contribution in [3.05, 3.63) is 48.5 Å². The van der Waals surface area contributed by atoms with Gasteiger partial charge in [0, 0.05) is 31.0 Å². The Hall–Kier alpha value is -3.55. The van der Waals surface area contributed by atoms with Crippen molar-refractivity contribution in [2.45, 2.75) is 19.3 Å². The maximum atomic E-state index is 12.1. The number of hydrogen-bond acceptors (Lipinski definition) is 6. The molecule has 2 aromatic rings. The van der Waals surface area contributed by atoms with E-state index in [9.17, 15) is 14.4 Å². The molecule has 2 aromatic carbocycles. The van der Waals surface area contributed by atoms with Crippen LogP contribution in [-0.2, 0) is 19.1 Å². The van der Waals surface area contributed by atoms with E-state index in [0.29, 0.717) is 17.1 Å². The monoisotopic (exact) mass is 423 g/mol. The van der Waals surface area contributed by atoms with E-state index in [-0.39, 0.29) is 32.1 Å². The Labute approximate surface area is 180 Å². The van der Waals surface area contributed by atoms with Crippen molar-refractivity contribution in [2.24, 2.45) is 0 Å². The van der Waals surface area contributed by atoms with Crippen LogP contribution in [0.2, 0.25) is 0 Å². The first-order valence-electron chi connectivity index (χ1n) is 10.4. The van der Waals surface area contributed by atoms with Crippen LogP contribution in [0, 0.1) is 0 Å². The molecule has 31 heavy (non-hydrogen) atoms. The summed E-state index contributed by atoms with van der Waals surface area (Å²) >= 11 is 0. The number of carbonyl (C=O) groups excluding carboxylic acids is 3. The number of carbonyl (C=O) groups is 3. The van der Waals surface area contributed by atoms with Gasteiger partial charge in [0.25, 0.3) is 11.8 Å². The van der Waals surface area contributed by atoms with Gasteiger partial charge in [-0.1, -0.05) is 12.1 Å². The van der Waals surface area contributed by atoms with Gasteiger partial charge in [-0.25, -0.2) is 0 Å². The second-order valence-corrected chi connectivity index (χ2v) is 7.50. The summed E-state index contributed by atoms with van der Waals surface area (Å²) in [7, 11) is 0. The average molecular weight is 423 g/mol. The molecule has 1 N–H and O–H groups in total. The number of benzene rings is 2. The Morgan fingerprint density at radius 1 is 1.03 bits per heavy atom. The third kappa shape index (κ3) is 5.14. The van der Waals surface area contributed by atoms with Crippen LogP contribution in [0.5, 0.6) is 5.75 Å². The molecule has 0 bridgehead atoms. The van der Waals surface area contributed by atoms with E-state index in [2.05, 4.69) is 10.2 Å². The van der Waals surface area contributed by atoms with E-state index in [0.717, 1.165) is 18.8 Å². The zero-order valence-electron chi connectivity index (χ0n) is 17.2. The SMILES string of the molecule is O=C(COC(=O)CCN1C(=O)COc2ccccc21)Nc1ccc(N2CCCC2)cc1. The van der Waals surface area contributed by atoms with Crippen molar-refractivity contribution in [3.63, 3.8) is 0 Å². The summed E-state index contributed by atoms with van der Waals surface area (Å²) in [6.07, 6.45) is 2.39. The van der Waals surface area contributed by atoms with Crippen LogP contribution in [0.4, 0.5) is 17.1 Å². The molecule has 8 heteroatoms. The van der Waals surface area contributed by atoms with Gasteiger partial charge in [0.1, 0.15) is 5.75 Å².